The zero-order valence-electron chi connectivity index (χ0n) is 10.0. The Hall–Kier alpha value is -1.69. The molecule has 18 heavy (non-hydrogen) atoms. The molecule has 0 amide bonds. The summed E-state index contributed by atoms with van der Waals surface area (Å²) in [7, 11) is 0. The van der Waals surface area contributed by atoms with Gasteiger partial charge in [-0.05, 0) is 26.0 Å². The van der Waals surface area contributed by atoms with Gasteiger partial charge in [0.2, 0.25) is 0 Å². The number of thioether (sulfide) groups is 1. The van der Waals surface area contributed by atoms with E-state index >= 15 is 0 Å². The second-order valence-electron chi connectivity index (χ2n) is 4.52. The Labute approximate surface area is 109 Å². The number of carboxylic acids is 1. The predicted octanol–water partition coefficient (Wildman–Crippen LogP) is 2.14. The van der Waals surface area contributed by atoms with Crippen molar-refractivity contribution < 1.29 is 15.0 Å². The summed E-state index contributed by atoms with van der Waals surface area (Å²) < 4.78 is -0.501. The quantitative estimate of drug-likeness (QED) is 0.714. The van der Waals surface area contributed by atoms with Crippen molar-refractivity contribution in [3.8, 4) is 5.75 Å². The number of aliphatic imine (C=N–C) groups is 1. The zero-order chi connectivity index (χ0) is 13.3. The molecule has 0 bridgehead atoms. The molecule has 1 atom stereocenters. The van der Waals surface area contributed by atoms with Gasteiger partial charge in [0.05, 0.1) is 10.4 Å². The number of aliphatic carboxylic acids is 1. The van der Waals surface area contributed by atoms with E-state index in [0.717, 1.165) is 0 Å². The molecule has 2 rings (SSSR count). The van der Waals surface area contributed by atoms with E-state index in [0.29, 0.717) is 10.9 Å². The molecule has 0 aromatic heterocycles. The van der Waals surface area contributed by atoms with Gasteiger partial charge in [0.15, 0.2) is 11.2 Å². The summed E-state index contributed by atoms with van der Waals surface area (Å²) in [5, 5.41) is 22.2. The van der Waals surface area contributed by atoms with Gasteiger partial charge in [-0.3, -0.25) is 0 Å². The number of anilines is 1. The Balaban J connectivity index is 2.20. The van der Waals surface area contributed by atoms with Crippen LogP contribution in [0.1, 0.15) is 13.8 Å². The van der Waals surface area contributed by atoms with E-state index in [1.807, 2.05) is 13.8 Å². The Morgan fingerprint density at radius 1 is 1.44 bits per heavy atom. The van der Waals surface area contributed by atoms with Gasteiger partial charge in [0.25, 0.3) is 0 Å². The predicted molar refractivity (Wildman–Crippen MR) is 72.3 cm³/mol. The van der Waals surface area contributed by atoms with E-state index in [9.17, 15) is 9.90 Å². The van der Waals surface area contributed by atoms with Gasteiger partial charge >= 0.3 is 5.97 Å². The van der Waals surface area contributed by atoms with E-state index in [2.05, 4.69) is 10.3 Å². The van der Waals surface area contributed by atoms with Gasteiger partial charge in [-0.1, -0.05) is 23.9 Å². The summed E-state index contributed by atoms with van der Waals surface area (Å²) >= 11 is 1.35. The first-order valence-corrected chi connectivity index (χ1v) is 6.26. The number of rotatable bonds is 2. The molecule has 0 fully saturated rings. The number of hydrogen-bond donors (Lipinski definition) is 3. The van der Waals surface area contributed by atoms with Crippen LogP contribution in [-0.2, 0) is 4.79 Å². The number of benzene rings is 1. The van der Waals surface area contributed by atoms with Crippen molar-refractivity contribution >= 4 is 28.6 Å². The number of nitrogens with one attached hydrogen (secondary N) is 1. The molecule has 0 unspecified atom stereocenters. The van der Waals surface area contributed by atoms with Crippen LogP contribution in [0.2, 0.25) is 0 Å². The van der Waals surface area contributed by atoms with E-state index in [1.54, 1.807) is 24.3 Å². The van der Waals surface area contributed by atoms with Crippen LogP contribution >= 0.6 is 11.8 Å². The topological polar surface area (TPSA) is 81.9 Å². The third-order valence-electron chi connectivity index (χ3n) is 2.64. The first-order valence-electron chi connectivity index (χ1n) is 5.45. The number of amidine groups is 1. The molecule has 5 nitrogen and oxygen atoms in total. The molecule has 1 aromatic carbocycles. The summed E-state index contributed by atoms with van der Waals surface area (Å²) in [6.07, 6.45) is 0. The van der Waals surface area contributed by atoms with Crippen molar-refractivity contribution in [1.82, 2.24) is 0 Å². The van der Waals surface area contributed by atoms with Crippen LogP contribution in [-0.4, -0.2) is 32.1 Å². The second kappa shape index (κ2) is 4.53. The first kappa shape index (κ1) is 12.8. The minimum absolute atomic E-state index is 0.109. The highest BCUT2D eigenvalue weighted by Crippen LogP contribution is 2.38. The van der Waals surface area contributed by atoms with Crippen LogP contribution in [0.5, 0.6) is 5.75 Å². The van der Waals surface area contributed by atoms with Gasteiger partial charge in [0.1, 0.15) is 5.75 Å². The number of phenolic OH excluding ortho intramolecular Hbond substituents is 1. The highest BCUT2D eigenvalue weighted by molar-refractivity contribution is 8.15. The molecule has 0 spiro atoms. The average molecular weight is 266 g/mol. The Morgan fingerprint density at radius 3 is 2.67 bits per heavy atom. The molecule has 1 aliphatic rings. The fraction of sp³-hybridized carbons (Fsp3) is 0.333. The van der Waals surface area contributed by atoms with Crippen molar-refractivity contribution in [3.63, 3.8) is 0 Å². The molecule has 1 heterocycles. The van der Waals surface area contributed by atoms with E-state index in [1.165, 1.54) is 11.8 Å². The van der Waals surface area contributed by atoms with Crippen molar-refractivity contribution in [2.45, 2.75) is 24.6 Å². The number of carbonyl (C=O) groups is 1. The van der Waals surface area contributed by atoms with E-state index in [-0.39, 0.29) is 5.75 Å². The third-order valence-corrected chi connectivity index (χ3v) is 3.79. The van der Waals surface area contributed by atoms with Gasteiger partial charge < -0.3 is 15.5 Å². The van der Waals surface area contributed by atoms with Gasteiger partial charge in [-0.15, -0.1) is 0 Å². The molecule has 6 heteroatoms. The number of nitrogens with zero attached hydrogens (tertiary/aromatic N) is 1. The molecular formula is C12H14N2O3S. The highest BCUT2D eigenvalue weighted by Gasteiger charge is 2.42. The number of phenols is 1. The lowest BCUT2D eigenvalue weighted by Crippen LogP contribution is -2.34. The van der Waals surface area contributed by atoms with Crippen LogP contribution in [0.15, 0.2) is 29.3 Å². The maximum absolute atomic E-state index is 11.1. The summed E-state index contributed by atoms with van der Waals surface area (Å²) in [4.78, 5) is 15.2. The summed E-state index contributed by atoms with van der Waals surface area (Å²) in [5.74, 6) is -0.834. The highest BCUT2D eigenvalue weighted by atomic mass is 32.2. The van der Waals surface area contributed by atoms with Crippen LogP contribution in [0.25, 0.3) is 0 Å². The lowest BCUT2D eigenvalue weighted by molar-refractivity contribution is -0.138. The average Bonchev–Trinajstić information content (AvgIpc) is 2.57. The first-order chi connectivity index (χ1) is 8.40. The number of para-hydroxylation sites is 2. The number of carboxylic acid groups (broad SMARTS) is 1. The van der Waals surface area contributed by atoms with Crippen molar-refractivity contribution in [2.75, 3.05) is 5.32 Å². The third kappa shape index (κ3) is 2.43. The summed E-state index contributed by atoms with van der Waals surface area (Å²) in [6, 6.07) is 5.98. The van der Waals surface area contributed by atoms with Crippen LogP contribution < -0.4 is 5.32 Å². The number of hydrogen-bond acceptors (Lipinski definition) is 5. The second-order valence-corrected chi connectivity index (χ2v) is 6.17. The SMILES string of the molecule is CC1(C)SC(Nc2ccccc2O)=N[C@@H]1C(=O)O. The fourth-order valence-electron chi connectivity index (χ4n) is 1.71. The van der Waals surface area contributed by atoms with Crippen molar-refractivity contribution in [2.24, 2.45) is 4.99 Å². The molecule has 0 aliphatic carbocycles. The largest absolute Gasteiger partial charge is 0.506 e. The summed E-state index contributed by atoms with van der Waals surface area (Å²) in [5.41, 5.74) is 0.519. The number of aromatic hydroxyl groups is 1. The summed E-state index contributed by atoms with van der Waals surface area (Å²) in [6.45, 7) is 3.67. The molecule has 1 aromatic rings. The van der Waals surface area contributed by atoms with Crippen LogP contribution in [0, 0.1) is 0 Å². The monoisotopic (exact) mass is 266 g/mol. The Bertz CT molecular complexity index is 514. The van der Waals surface area contributed by atoms with Gasteiger partial charge in [-0.25, -0.2) is 9.79 Å². The Morgan fingerprint density at radius 2 is 2.11 bits per heavy atom. The van der Waals surface area contributed by atoms with Crippen molar-refractivity contribution in [3.05, 3.63) is 24.3 Å². The van der Waals surface area contributed by atoms with E-state index < -0.39 is 16.8 Å². The molecule has 96 valence electrons. The molecule has 0 saturated heterocycles. The molecule has 0 radical (unpaired) electrons. The lowest BCUT2D eigenvalue weighted by atomic mass is 10.0. The van der Waals surface area contributed by atoms with E-state index in [4.69, 9.17) is 5.11 Å². The fourth-order valence-corrected chi connectivity index (χ4v) is 2.79. The maximum Gasteiger partial charge on any atom is 0.329 e. The minimum Gasteiger partial charge on any atom is -0.506 e. The minimum atomic E-state index is -0.943. The van der Waals surface area contributed by atoms with Crippen LogP contribution in [0.3, 0.4) is 0 Å². The smallest absolute Gasteiger partial charge is 0.329 e. The van der Waals surface area contributed by atoms with Gasteiger partial charge in [0, 0.05) is 0 Å². The van der Waals surface area contributed by atoms with Gasteiger partial charge in [-0.2, -0.15) is 0 Å². The van der Waals surface area contributed by atoms with Crippen LogP contribution in [0.4, 0.5) is 5.69 Å². The van der Waals surface area contributed by atoms with Crippen molar-refractivity contribution in [1.29, 1.82) is 0 Å². The normalized spacial score (nSPS) is 21.4. The molecule has 0 saturated carbocycles. The molecule has 3 N–H and O–H groups in total. The molecule has 1 aliphatic heterocycles. The Kier molecular flexibility index (Phi) is 3.21. The zero-order valence-corrected chi connectivity index (χ0v) is 10.9. The standard InChI is InChI=1S/C12H14N2O3S/c1-12(2)9(10(16)17)14-11(18-12)13-7-5-3-4-6-8(7)15/h3-6,9,15H,1-2H3,(H,13,14)(H,16,17)/t9-/m1/s1. The molecular weight excluding hydrogens is 252 g/mol. The maximum atomic E-state index is 11.1. The lowest BCUT2D eigenvalue weighted by Gasteiger charge is -2.20.